The molecule has 1 saturated heterocycles. The number of piperidine rings is 1. The number of fused-ring (bicyclic) bond motifs is 1. The Bertz CT molecular complexity index is 852. The highest BCUT2D eigenvalue weighted by atomic mass is 15.3. The van der Waals surface area contributed by atoms with Crippen molar-refractivity contribution in [2.45, 2.75) is 58.3 Å². The summed E-state index contributed by atoms with van der Waals surface area (Å²) in [5, 5.41) is 14.6. The first kappa shape index (κ1) is 17.1. The maximum absolute atomic E-state index is 10.1. The molecule has 0 N–H and O–H groups in total. The third kappa shape index (κ3) is 2.88. The second-order valence-electron chi connectivity index (χ2n) is 7.60. The fourth-order valence-corrected chi connectivity index (χ4v) is 4.39. The average molecular weight is 349 g/mol. The number of hydrogen-bond acceptors (Lipinski definition) is 4. The fraction of sp³-hybridized carbons (Fsp3) is 0.571. The van der Waals surface area contributed by atoms with Gasteiger partial charge < -0.3 is 4.90 Å². The van der Waals surface area contributed by atoms with Crippen LogP contribution in [0.1, 0.15) is 61.0 Å². The van der Waals surface area contributed by atoms with Gasteiger partial charge in [0.05, 0.1) is 6.20 Å². The van der Waals surface area contributed by atoms with E-state index in [1.807, 2.05) is 17.9 Å². The lowest BCUT2D eigenvalue weighted by Gasteiger charge is -2.30. The largest absolute Gasteiger partial charge is 0.355 e. The van der Waals surface area contributed by atoms with Crippen molar-refractivity contribution in [3.8, 4) is 17.2 Å². The van der Waals surface area contributed by atoms with Crippen LogP contribution in [0.15, 0.2) is 6.20 Å². The molecule has 2 aromatic heterocycles. The third-order valence-electron chi connectivity index (χ3n) is 5.98. The molecular formula is C21H27N5. The van der Waals surface area contributed by atoms with E-state index in [-0.39, 0.29) is 0 Å². The molecule has 1 aliphatic heterocycles. The number of nitriles is 1. The van der Waals surface area contributed by atoms with Gasteiger partial charge in [-0.25, -0.2) is 4.98 Å². The van der Waals surface area contributed by atoms with Gasteiger partial charge in [-0.2, -0.15) is 10.4 Å². The molecular weight excluding hydrogens is 322 g/mol. The summed E-state index contributed by atoms with van der Waals surface area (Å²) in [6.45, 7) is 4.10. The van der Waals surface area contributed by atoms with Crippen molar-refractivity contribution in [3.05, 3.63) is 28.7 Å². The van der Waals surface area contributed by atoms with Crippen LogP contribution in [0.5, 0.6) is 0 Å². The molecule has 0 radical (unpaired) electrons. The van der Waals surface area contributed by atoms with E-state index >= 15 is 0 Å². The first-order valence-corrected chi connectivity index (χ1v) is 9.90. The summed E-state index contributed by atoms with van der Waals surface area (Å²) in [7, 11) is 1.97. The molecule has 136 valence electrons. The van der Waals surface area contributed by atoms with Gasteiger partial charge in [-0.05, 0) is 57.4 Å². The highest BCUT2D eigenvalue weighted by molar-refractivity contribution is 5.81. The number of aryl methyl sites for hydroxylation is 2. The molecule has 3 heterocycles. The van der Waals surface area contributed by atoms with Crippen LogP contribution >= 0.6 is 0 Å². The summed E-state index contributed by atoms with van der Waals surface area (Å²) in [4.78, 5) is 7.40. The Labute approximate surface area is 155 Å². The van der Waals surface area contributed by atoms with Crippen LogP contribution in [0, 0.1) is 18.3 Å². The quantitative estimate of drug-likeness (QED) is 0.771. The van der Waals surface area contributed by atoms with Gasteiger partial charge in [0, 0.05) is 42.7 Å². The Morgan fingerprint density at radius 1 is 1.04 bits per heavy atom. The first-order chi connectivity index (χ1) is 12.7. The molecule has 0 bridgehead atoms. The smallest absolute Gasteiger partial charge is 0.147 e. The predicted octanol–water partition coefficient (Wildman–Crippen LogP) is 3.92. The zero-order valence-corrected chi connectivity index (χ0v) is 15.9. The number of rotatable bonds is 2. The molecule has 0 saturated carbocycles. The monoisotopic (exact) mass is 349 g/mol. The molecule has 26 heavy (non-hydrogen) atoms. The van der Waals surface area contributed by atoms with Gasteiger partial charge in [0.25, 0.3) is 0 Å². The zero-order chi connectivity index (χ0) is 18.1. The highest BCUT2D eigenvalue weighted by Gasteiger charge is 2.27. The Kier molecular flexibility index (Phi) is 4.67. The molecule has 1 aliphatic carbocycles. The number of hydrogen-bond donors (Lipinski definition) is 0. The Hall–Kier alpha value is -2.35. The standard InChI is InChI=1S/C21H27N5/c1-15-18(14-23-25(15)2)20-16-9-5-3-6-10-19(16)24-21(17(20)13-22)26-11-7-4-8-12-26/h14H,3-12H2,1-2H3. The summed E-state index contributed by atoms with van der Waals surface area (Å²) in [6.07, 6.45) is 11.2. The first-order valence-electron chi connectivity index (χ1n) is 9.90. The van der Waals surface area contributed by atoms with Crippen molar-refractivity contribution in [1.29, 1.82) is 5.26 Å². The fourth-order valence-electron chi connectivity index (χ4n) is 4.39. The number of anilines is 1. The normalized spacial score (nSPS) is 17.5. The predicted molar refractivity (Wildman–Crippen MR) is 103 cm³/mol. The van der Waals surface area contributed by atoms with E-state index in [9.17, 15) is 5.26 Å². The Morgan fingerprint density at radius 3 is 2.46 bits per heavy atom. The SMILES string of the molecule is Cc1c(-c2c(C#N)c(N3CCCCC3)nc3c2CCCCC3)cnn1C. The minimum Gasteiger partial charge on any atom is -0.355 e. The summed E-state index contributed by atoms with van der Waals surface area (Å²) < 4.78 is 1.90. The minimum absolute atomic E-state index is 0.753. The zero-order valence-electron chi connectivity index (χ0n) is 15.9. The van der Waals surface area contributed by atoms with Crippen molar-refractivity contribution in [1.82, 2.24) is 14.8 Å². The van der Waals surface area contributed by atoms with Crippen molar-refractivity contribution < 1.29 is 0 Å². The van der Waals surface area contributed by atoms with Crippen LogP contribution in [0.4, 0.5) is 5.82 Å². The van der Waals surface area contributed by atoms with Crippen LogP contribution in [0.3, 0.4) is 0 Å². The second kappa shape index (κ2) is 7.11. The maximum atomic E-state index is 10.1. The molecule has 2 aromatic rings. The van der Waals surface area contributed by atoms with E-state index < -0.39 is 0 Å². The van der Waals surface area contributed by atoms with Gasteiger partial charge in [0.15, 0.2) is 0 Å². The molecule has 4 rings (SSSR count). The van der Waals surface area contributed by atoms with Crippen LogP contribution in [0.2, 0.25) is 0 Å². The number of pyridine rings is 1. The number of aromatic nitrogens is 3. The second-order valence-corrected chi connectivity index (χ2v) is 7.60. The third-order valence-corrected chi connectivity index (χ3v) is 5.98. The average Bonchev–Trinajstić information content (AvgIpc) is 2.87. The number of nitrogens with zero attached hydrogens (tertiary/aromatic N) is 5. The van der Waals surface area contributed by atoms with E-state index in [2.05, 4.69) is 23.0 Å². The lowest BCUT2D eigenvalue weighted by Crippen LogP contribution is -2.31. The van der Waals surface area contributed by atoms with E-state index in [0.717, 1.165) is 54.1 Å². The summed E-state index contributed by atoms with van der Waals surface area (Å²) >= 11 is 0. The van der Waals surface area contributed by atoms with E-state index in [0.29, 0.717) is 0 Å². The van der Waals surface area contributed by atoms with Gasteiger partial charge >= 0.3 is 0 Å². The molecule has 2 aliphatic rings. The van der Waals surface area contributed by atoms with Crippen molar-refractivity contribution in [2.75, 3.05) is 18.0 Å². The maximum Gasteiger partial charge on any atom is 0.147 e. The van der Waals surface area contributed by atoms with Crippen molar-refractivity contribution >= 4 is 5.82 Å². The molecule has 0 unspecified atom stereocenters. The van der Waals surface area contributed by atoms with Crippen molar-refractivity contribution in [3.63, 3.8) is 0 Å². The van der Waals surface area contributed by atoms with E-state index in [4.69, 9.17) is 4.98 Å². The van der Waals surface area contributed by atoms with E-state index in [1.54, 1.807) is 0 Å². The molecule has 0 aromatic carbocycles. The summed E-state index contributed by atoms with van der Waals surface area (Å²) in [5.41, 5.74) is 6.57. The minimum atomic E-state index is 0.753. The summed E-state index contributed by atoms with van der Waals surface area (Å²) in [6, 6.07) is 2.53. The lowest BCUT2D eigenvalue weighted by molar-refractivity contribution is 0.572. The van der Waals surface area contributed by atoms with Crippen LogP contribution in [-0.2, 0) is 19.9 Å². The van der Waals surface area contributed by atoms with Crippen LogP contribution in [-0.4, -0.2) is 27.9 Å². The molecule has 0 spiro atoms. The van der Waals surface area contributed by atoms with Crippen LogP contribution < -0.4 is 4.90 Å². The van der Waals surface area contributed by atoms with Gasteiger partial charge in [-0.3, -0.25) is 4.68 Å². The molecule has 5 nitrogen and oxygen atoms in total. The summed E-state index contributed by atoms with van der Waals surface area (Å²) in [5.74, 6) is 0.908. The highest BCUT2D eigenvalue weighted by Crippen LogP contribution is 2.39. The molecule has 0 atom stereocenters. The van der Waals surface area contributed by atoms with Gasteiger partial charge in [0.1, 0.15) is 17.5 Å². The lowest BCUT2D eigenvalue weighted by atomic mass is 9.91. The van der Waals surface area contributed by atoms with E-state index in [1.165, 1.54) is 49.8 Å². The van der Waals surface area contributed by atoms with Gasteiger partial charge in [-0.1, -0.05) is 6.42 Å². The molecule has 0 amide bonds. The topological polar surface area (TPSA) is 57.7 Å². The van der Waals surface area contributed by atoms with Gasteiger partial charge in [0.2, 0.25) is 0 Å². The Morgan fingerprint density at radius 2 is 1.77 bits per heavy atom. The Balaban J connectivity index is 1.97. The molecule has 5 heteroatoms. The van der Waals surface area contributed by atoms with Crippen molar-refractivity contribution in [2.24, 2.45) is 7.05 Å². The molecule has 1 fully saturated rings. The van der Waals surface area contributed by atoms with Gasteiger partial charge in [-0.15, -0.1) is 0 Å². The van der Waals surface area contributed by atoms with Crippen LogP contribution in [0.25, 0.3) is 11.1 Å².